The van der Waals surface area contributed by atoms with Gasteiger partial charge in [0, 0.05) is 5.69 Å². The maximum Gasteiger partial charge on any atom is 0.293 e. The van der Waals surface area contributed by atoms with Crippen molar-refractivity contribution < 1.29 is 19.1 Å². The molecule has 0 atom stereocenters. The third-order valence-corrected chi connectivity index (χ3v) is 6.95. The number of nitrogens with zero attached hydrogens (tertiary/aromatic N) is 1. The minimum atomic E-state index is -0.350. The molecule has 5 rings (SSSR count). The average molecular weight is 529 g/mol. The van der Waals surface area contributed by atoms with Crippen molar-refractivity contribution in [3.8, 4) is 5.75 Å². The second-order valence-corrected chi connectivity index (χ2v) is 9.70. The second-order valence-electron chi connectivity index (χ2n) is 8.30. The molecule has 1 aliphatic heterocycles. The number of ether oxygens (including phenoxy) is 1. The lowest BCUT2D eigenvalue weighted by molar-refractivity contribution is -0.123. The zero-order chi connectivity index (χ0) is 25.8. The number of anilines is 1. The zero-order valence-corrected chi connectivity index (χ0v) is 21.1. The summed E-state index contributed by atoms with van der Waals surface area (Å²) in [7, 11) is 0. The summed E-state index contributed by atoms with van der Waals surface area (Å²) in [6.07, 6.45) is 1.63. The van der Waals surface area contributed by atoms with E-state index in [1.165, 1.54) is 4.90 Å². The van der Waals surface area contributed by atoms with Crippen LogP contribution in [0.2, 0.25) is 5.02 Å². The molecule has 4 aromatic carbocycles. The summed E-state index contributed by atoms with van der Waals surface area (Å²) < 4.78 is 5.55. The number of carbonyl (C=O) groups excluding carboxylic acids is 3. The Morgan fingerprint density at radius 2 is 1.70 bits per heavy atom. The Bertz CT molecular complexity index is 1530. The highest BCUT2D eigenvalue weighted by molar-refractivity contribution is 8.18. The largest absolute Gasteiger partial charge is 0.482 e. The SMILES string of the molecule is O=C(COc1ccc(/C=C2/SC(=O)N(Cc3cccc4ccccc34)C2=O)cc1Cl)Nc1ccccc1. The quantitative estimate of drug-likeness (QED) is 0.269. The lowest BCUT2D eigenvalue weighted by atomic mass is 10.0. The standard InChI is InChI=1S/C29H21ClN2O4S/c30-24-15-19(13-14-25(24)36-18-27(33)31-22-10-2-1-3-11-22)16-26-28(34)32(29(35)37-26)17-21-9-6-8-20-7-4-5-12-23(20)21/h1-16H,17-18H2,(H,31,33)/b26-16+. The van der Waals surface area contributed by atoms with Gasteiger partial charge in [-0.05, 0) is 64.0 Å². The monoisotopic (exact) mass is 528 g/mol. The zero-order valence-electron chi connectivity index (χ0n) is 19.5. The van der Waals surface area contributed by atoms with E-state index in [9.17, 15) is 14.4 Å². The van der Waals surface area contributed by atoms with E-state index in [1.54, 1.807) is 36.4 Å². The molecule has 1 N–H and O–H groups in total. The average Bonchev–Trinajstić information content (AvgIpc) is 3.16. The molecule has 4 aromatic rings. The van der Waals surface area contributed by atoms with E-state index >= 15 is 0 Å². The predicted molar refractivity (Wildman–Crippen MR) is 147 cm³/mol. The van der Waals surface area contributed by atoms with Crippen molar-refractivity contribution in [1.82, 2.24) is 4.90 Å². The van der Waals surface area contributed by atoms with E-state index in [1.807, 2.05) is 60.7 Å². The fourth-order valence-corrected chi connectivity index (χ4v) is 5.06. The Balaban J connectivity index is 1.25. The van der Waals surface area contributed by atoms with Crippen LogP contribution in [0.4, 0.5) is 10.5 Å². The van der Waals surface area contributed by atoms with Gasteiger partial charge in [0.1, 0.15) is 5.75 Å². The van der Waals surface area contributed by atoms with E-state index in [4.69, 9.17) is 16.3 Å². The van der Waals surface area contributed by atoms with Gasteiger partial charge in [-0.2, -0.15) is 0 Å². The summed E-state index contributed by atoms with van der Waals surface area (Å²) in [6, 6.07) is 27.8. The Morgan fingerprint density at radius 3 is 2.51 bits per heavy atom. The molecule has 0 aromatic heterocycles. The number of nitrogens with one attached hydrogen (secondary N) is 1. The molecule has 37 heavy (non-hydrogen) atoms. The van der Waals surface area contributed by atoms with Gasteiger partial charge in [-0.3, -0.25) is 19.3 Å². The summed E-state index contributed by atoms with van der Waals surface area (Å²) in [5.41, 5.74) is 2.22. The summed E-state index contributed by atoms with van der Waals surface area (Å²) in [6.45, 7) is -0.0110. The number of amides is 3. The molecule has 0 spiro atoms. The van der Waals surface area contributed by atoms with Gasteiger partial charge in [0.25, 0.3) is 17.1 Å². The molecule has 0 bridgehead atoms. The van der Waals surface area contributed by atoms with Crippen LogP contribution in [0.1, 0.15) is 11.1 Å². The molecule has 184 valence electrons. The van der Waals surface area contributed by atoms with Crippen molar-refractivity contribution >= 4 is 63.0 Å². The smallest absolute Gasteiger partial charge is 0.293 e. The van der Waals surface area contributed by atoms with Crippen molar-refractivity contribution in [2.24, 2.45) is 0 Å². The fraction of sp³-hybridized carbons (Fsp3) is 0.0690. The molecule has 1 heterocycles. The predicted octanol–water partition coefficient (Wildman–Crippen LogP) is 6.75. The lowest BCUT2D eigenvalue weighted by Gasteiger charge is -2.14. The van der Waals surface area contributed by atoms with Gasteiger partial charge >= 0.3 is 0 Å². The van der Waals surface area contributed by atoms with Gasteiger partial charge in [-0.15, -0.1) is 0 Å². The number of benzene rings is 4. The van der Waals surface area contributed by atoms with Crippen LogP contribution >= 0.6 is 23.4 Å². The van der Waals surface area contributed by atoms with Crippen LogP contribution in [0.15, 0.2) is 95.9 Å². The molecule has 3 amide bonds. The van der Waals surface area contributed by atoms with Crippen LogP contribution in [-0.4, -0.2) is 28.6 Å². The Hall–Kier alpha value is -4.07. The first-order chi connectivity index (χ1) is 18.0. The third kappa shape index (κ3) is 5.69. The maximum atomic E-state index is 13.1. The van der Waals surface area contributed by atoms with Crippen molar-refractivity contribution in [2.75, 3.05) is 11.9 Å². The van der Waals surface area contributed by atoms with E-state index in [0.717, 1.165) is 28.1 Å². The molecule has 0 radical (unpaired) electrons. The first-order valence-corrected chi connectivity index (χ1v) is 12.7. The molecule has 1 aliphatic rings. The minimum absolute atomic E-state index is 0.196. The highest BCUT2D eigenvalue weighted by atomic mass is 35.5. The molecule has 1 saturated heterocycles. The number of imide groups is 1. The summed E-state index contributed by atoms with van der Waals surface area (Å²) in [4.78, 5) is 39.4. The van der Waals surface area contributed by atoms with Crippen molar-refractivity contribution in [1.29, 1.82) is 0 Å². The number of para-hydroxylation sites is 1. The first-order valence-electron chi connectivity index (χ1n) is 11.5. The van der Waals surface area contributed by atoms with Crippen molar-refractivity contribution in [2.45, 2.75) is 6.54 Å². The van der Waals surface area contributed by atoms with E-state index < -0.39 is 0 Å². The number of hydrogen-bond donors (Lipinski definition) is 1. The van der Waals surface area contributed by atoms with E-state index in [0.29, 0.717) is 21.9 Å². The van der Waals surface area contributed by atoms with Gasteiger partial charge < -0.3 is 10.1 Å². The molecule has 0 saturated carbocycles. The molecule has 8 heteroatoms. The van der Waals surface area contributed by atoms with Crippen molar-refractivity contribution in [3.63, 3.8) is 0 Å². The molecule has 0 unspecified atom stereocenters. The molecular weight excluding hydrogens is 508 g/mol. The molecule has 6 nitrogen and oxygen atoms in total. The number of carbonyl (C=O) groups is 3. The van der Waals surface area contributed by atoms with Crippen molar-refractivity contribution in [3.05, 3.63) is 112 Å². The van der Waals surface area contributed by atoms with Crippen LogP contribution < -0.4 is 10.1 Å². The van der Waals surface area contributed by atoms with Gasteiger partial charge in [0.2, 0.25) is 0 Å². The number of rotatable bonds is 7. The number of fused-ring (bicyclic) bond motifs is 1. The van der Waals surface area contributed by atoms with Gasteiger partial charge in [-0.1, -0.05) is 78.3 Å². The van der Waals surface area contributed by atoms with Crippen LogP contribution in [-0.2, 0) is 16.1 Å². The minimum Gasteiger partial charge on any atom is -0.482 e. The second kappa shape index (κ2) is 10.9. The van der Waals surface area contributed by atoms with Crippen LogP contribution in [0.3, 0.4) is 0 Å². The highest BCUT2D eigenvalue weighted by Gasteiger charge is 2.35. The highest BCUT2D eigenvalue weighted by Crippen LogP contribution is 2.35. The fourth-order valence-electron chi connectivity index (χ4n) is 3.97. The summed E-state index contributed by atoms with van der Waals surface area (Å²) in [5, 5.41) is 4.77. The topological polar surface area (TPSA) is 75.7 Å². The Labute approximate surface area is 222 Å². The van der Waals surface area contributed by atoms with Gasteiger partial charge in [-0.25, -0.2) is 0 Å². The number of hydrogen-bond acceptors (Lipinski definition) is 5. The lowest BCUT2D eigenvalue weighted by Crippen LogP contribution is -2.27. The van der Waals surface area contributed by atoms with E-state index in [-0.39, 0.29) is 35.2 Å². The summed E-state index contributed by atoms with van der Waals surface area (Å²) >= 11 is 7.26. The van der Waals surface area contributed by atoms with Crippen LogP contribution in [0.5, 0.6) is 5.75 Å². The molecular formula is C29H21ClN2O4S. The van der Waals surface area contributed by atoms with Crippen LogP contribution in [0.25, 0.3) is 16.8 Å². The third-order valence-electron chi connectivity index (χ3n) is 5.75. The first kappa shape index (κ1) is 24.6. The van der Waals surface area contributed by atoms with Crippen LogP contribution in [0, 0.1) is 0 Å². The molecule has 1 fully saturated rings. The number of halogens is 1. The Kier molecular flexibility index (Phi) is 7.25. The van der Waals surface area contributed by atoms with E-state index in [2.05, 4.69) is 5.32 Å². The Morgan fingerprint density at radius 1 is 0.946 bits per heavy atom. The maximum absolute atomic E-state index is 13.1. The molecule has 0 aliphatic carbocycles. The summed E-state index contributed by atoms with van der Waals surface area (Å²) in [5.74, 6) is -0.325. The number of thioether (sulfide) groups is 1. The van der Waals surface area contributed by atoms with Gasteiger partial charge in [0.15, 0.2) is 6.61 Å². The normalized spacial score (nSPS) is 14.4. The van der Waals surface area contributed by atoms with Gasteiger partial charge in [0.05, 0.1) is 16.5 Å².